The Bertz CT molecular complexity index is 270. The minimum absolute atomic E-state index is 0.0428. The van der Waals surface area contributed by atoms with E-state index in [2.05, 4.69) is 15.0 Å². The van der Waals surface area contributed by atoms with Crippen LogP contribution in [0.1, 0.15) is 12.7 Å². The minimum atomic E-state index is 0.0428. The Morgan fingerprint density at radius 1 is 1.23 bits per heavy atom. The zero-order chi connectivity index (χ0) is 9.84. The molecule has 0 amide bonds. The molecule has 6 heteroatoms. The molecule has 72 valence electrons. The number of nitrogens with two attached hydrogens (primary N) is 2. The lowest BCUT2D eigenvalue weighted by Crippen LogP contribution is -2.14. The van der Waals surface area contributed by atoms with E-state index < -0.39 is 0 Å². The molecular formula is C7H13N5O. The fraction of sp³-hybridized carbons (Fsp3) is 0.571. The average molecular weight is 183 g/mol. The molecule has 0 spiro atoms. The van der Waals surface area contributed by atoms with Crippen LogP contribution in [0.4, 0.5) is 11.9 Å². The number of nitrogen functional groups attached to an aromatic ring is 2. The van der Waals surface area contributed by atoms with E-state index in [1.54, 1.807) is 7.11 Å². The SMILES string of the molecule is COC(C)Cc1nc(N)nc(N)n1. The molecule has 1 rings (SSSR count). The van der Waals surface area contributed by atoms with Crippen molar-refractivity contribution in [3.05, 3.63) is 5.82 Å². The summed E-state index contributed by atoms with van der Waals surface area (Å²) in [5.74, 6) is 0.843. The van der Waals surface area contributed by atoms with Crippen LogP contribution in [0.5, 0.6) is 0 Å². The maximum absolute atomic E-state index is 5.39. The van der Waals surface area contributed by atoms with Gasteiger partial charge in [-0.25, -0.2) is 0 Å². The molecule has 0 aromatic carbocycles. The fourth-order valence-electron chi connectivity index (χ4n) is 0.889. The van der Waals surface area contributed by atoms with Crippen molar-refractivity contribution in [2.75, 3.05) is 18.6 Å². The van der Waals surface area contributed by atoms with Crippen LogP contribution in [0.3, 0.4) is 0 Å². The number of rotatable bonds is 3. The molecule has 1 unspecified atom stereocenters. The fourth-order valence-corrected chi connectivity index (χ4v) is 0.889. The first-order valence-corrected chi connectivity index (χ1v) is 3.90. The van der Waals surface area contributed by atoms with Crippen molar-refractivity contribution in [2.24, 2.45) is 0 Å². The molecule has 0 radical (unpaired) electrons. The van der Waals surface area contributed by atoms with Gasteiger partial charge in [-0.3, -0.25) is 0 Å². The Labute approximate surface area is 76.3 Å². The first-order chi connectivity index (χ1) is 6.11. The van der Waals surface area contributed by atoms with Crippen molar-refractivity contribution in [1.82, 2.24) is 15.0 Å². The van der Waals surface area contributed by atoms with Crippen molar-refractivity contribution in [3.8, 4) is 0 Å². The second-order valence-electron chi connectivity index (χ2n) is 2.72. The molecule has 4 N–H and O–H groups in total. The van der Waals surface area contributed by atoms with Crippen LogP contribution in [-0.4, -0.2) is 28.2 Å². The van der Waals surface area contributed by atoms with Crippen LogP contribution in [0, 0.1) is 0 Å². The number of hydrogen-bond donors (Lipinski definition) is 2. The highest BCUT2D eigenvalue weighted by atomic mass is 16.5. The molecule has 0 aliphatic heterocycles. The van der Waals surface area contributed by atoms with Gasteiger partial charge in [0.25, 0.3) is 0 Å². The topological polar surface area (TPSA) is 99.9 Å². The summed E-state index contributed by atoms with van der Waals surface area (Å²) >= 11 is 0. The molecule has 0 aliphatic rings. The van der Waals surface area contributed by atoms with Gasteiger partial charge in [-0.2, -0.15) is 15.0 Å². The molecule has 6 nitrogen and oxygen atoms in total. The van der Waals surface area contributed by atoms with Crippen LogP contribution in [0.2, 0.25) is 0 Å². The highest BCUT2D eigenvalue weighted by molar-refractivity contribution is 5.25. The molecule has 0 saturated carbocycles. The summed E-state index contributed by atoms with van der Waals surface area (Å²) in [7, 11) is 1.62. The quantitative estimate of drug-likeness (QED) is 0.662. The average Bonchev–Trinajstić information content (AvgIpc) is 2.02. The van der Waals surface area contributed by atoms with E-state index in [4.69, 9.17) is 16.2 Å². The molecule has 1 atom stereocenters. The Morgan fingerprint density at radius 3 is 2.23 bits per heavy atom. The van der Waals surface area contributed by atoms with E-state index in [0.29, 0.717) is 12.2 Å². The number of methoxy groups -OCH3 is 1. The highest BCUT2D eigenvalue weighted by Crippen LogP contribution is 2.03. The Hall–Kier alpha value is -1.43. The van der Waals surface area contributed by atoms with Gasteiger partial charge < -0.3 is 16.2 Å². The molecule has 13 heavy (non-hydrogen) atoms. The van der Waals surface area contributed by atoms with E-state index in [9.17, 15) is 0 Å². The number of ether oxygens (including phenoxy) is 1. The normalized spacial score (nSPS) is 12.8. The highest BCUT2D eigenvalue weighted by Gasteiger charge is 2.06. The number of nitrogens with zero attached hydrogens (tertiary/aromatic N) is 3. The van der Waals surface area contributed by atoms with Gasteiger partial charge in [0.15, 0.2) is 0 Å². The molecule has 1 heterocycles. The van der Waals surface area contributed by atoms with Gasteiger partial charge in [0.1, 0.15) is 5.82 Å². The molecular weight excluding hydrogens is 170 g/mol. The van der Waals surface area contributed by atoms with Gasteiger partial charge in [-0.05, 0) is 6.92 Å². The van der Waals surface area contributed by atoms with Crippen LogP contribution in [-0.2, 0) is 11.2 Å². The standard InChI is InChI=1S/C7H13N5O/c1-4(13-2)3-5-10-6(8)12-7(9)11-5/h4H,3H2,1-2H3,(H4,8,9,10,11,12). The Balaban J connectivity index is 2.77. The van der Waals surface area contributed by atoms with Crippen LogP contribution < -0.4 is 11.5 Å². The summed E-state index contributed by atoms with van der Waals surface area (Å²) in [6.45, 7) is 1.91. The Morgan fingerprint density at radius 2 is 1.77 bits per heavy atom. The predicted molar refractivity (Wildman–Crippen MR) is 48.8 cm³/mol. The molecule has 1 aromatic rings. The molecule has 0 fully saturated rings. The van der Waals surface area contributed by atoms with Crippen LogP contribution >= 0.6 is 0 Å². The van der Waals surface area contributed by atoms with Gasteiger partial charge in [0, 0.05) is 13.5 Å². The van der Waals surface area contributed by atoms with E-state index in [1.807, 2.05) is 6.92 Å². The van der Waals surface area contributed by atoms with Gasteiger partial charge in [-0.1, -0.05) is 0 Å². The van der Waals surface area contributed by atoms with E-state index >= 15 is 0 Å². The maximum Gasteiger partial charge on any atom is 0.225 e. The second-order valence-corrected chi connectivity index (χ2v) is 2.72. The van der Waals surface area contributed by atoms with Crippen LogP contribution in [0.15, 0.2) is 0 Å². The zero-order valence-corrected chi connectivity index (χ0v) is 7.69. The summed E-state index contributed by atoms with van der Waals surface area (Å²) in [5, 5.41) is 0. The molecule has 0 aliphatic carbocycles. The smallest absolute Gasteiger partial charge is 0.225 e. The summed E-state index contributed by atoms with van der Waals surface area (Å²) in [6.07, 6.45) is 0.620. The molecule has 1 aromatic heterocycles. The van der Waals surface area contributed by atoms with Crippen molar-refractivity contribution in [1.29, 1.82) is 0 Å². The van der Waals surface area contributed by atoms with Gasteiger partial charge >= 0.3 is 0 Å². The minimum Gasteiger partial charge on any atom is -0.381 e. The van der Waals surface area contributed by atoms with Gasteiger partial charge in [-0.15, -0.1) is 0 Å². The third-order valence-corrected chi connectivity index (χ3v) is 1.59. The summed E-state index contributed by atoms with van der Waals surface area (Å²) < 4.78 is 5.05. The number of anilines is 2. The van der Waals surface area contributed by atoms with Gasteiger partial charge in [0.2, 0.25) is 11.9 Å². The van der Waals surface area contributed by atoms with Crippen molar-refractivity contribution in [3.63, 3.8) is 0 Å². The van der Waals surface area contributed by atoms with Crippen LogP contribution in [0.25, 0.3) is 0 Å². The van der Waals surface area contributed by atoms with E-state index in [1.165, 1.54) is 0 Å². The lowest BCUT2D eigenvalue weighted by molar-refractivity contribution is 0.117. The van der Waals surface area contributed by atoms with E-state index in [0.717, 1.165) is 0 Å². The lowest BCUT2D eigenvalue weighted by atomic mass is 10.3. The third-order valence-electron chi connectivity index (χ3n) is 1.59. The van der Waals surface area contributed by atoms with Crippen molar-refractivity contribution in [2.45, 2.75) is 19.4 Å². The van der Waals surface area contributed by atoms with E-state index in [-0.39, 0.29) is 18.0 Å². The van der Waals surface area contributed by atoms with Crippen molar-refractivity contribution < 1.29 is 4.74 Å². The third kappa shape index (κ3) is 2.83. The summed E-state index contributed by atoms with van der Waals surface area (Å²) in [5.41, 5.74) is 10.8. The lowest BCUT2D eigenvalue weighted by Gasteiger charge is -2.07. The monoisotopic (exact) mass is 183 g/mol. The predicted octanol–water partition coefficient (Wildman–Crippen LogP) is -0.387. The molecule has 0 saturated heterocycles. The number of hydrogen-bond acceptors (Lipinski definition) is 6. The number of aromatic nitrogens is 3. The largest absolute Gasteiger partial charge is 0.381 e. The zero-order valence-electron chi connectivity index (χ0n) is 7.69. The summed E-state index contributed by atoms with van der Waals surface area (Å²) in [4.78, 5) is 11.5. The Kier molecular flexibility index (Phi) is 2.97. The van der Waals surface area contributed by atoms with Crippen molar-refractivity contribution >= 4 is 11.9 Å². The molecule has 0 bridgehead atoms. The van der Waals surface area contributed by atoms with Gasteiger partial charge in [0.05, 0.1) is 6.10 Å². The second kappa shape index (κ2) is 3.99. The maximum atomic E-state index is 5.39. The summed E-state index contributed by atoms with van der Waals surface area (Å²) in [6, 6.07) is 0. The first-order valence-electron chi connectivity index (χ1n) is 3.90. The first kappa shape index (κ1) is 9.66.